The van der Waals surface area contributed by atoms with Crippen molar-refractivity contribution in [3.63, 3.8) is 0 Å². The summed E-state index contributed by atoms with van der Waals surface area (Å²) < 4.78 is 41.1. The van der Waals surface area contributed by atoms with Crippen LogP contribution in [0.25, 0.3) is 0 Å². The van der Waals surface area contributed by atoms with Gasteiger partial charge in [0, 0.05) is 17.3 Å². The number of rotatable bonds is 7. The van der Waals surface area contributed by atoms with Crippen LogP contribution in [-0.2, 0) is 16.4 Å². The Kier molecular flexibility index (Phi) is 6.50. The second-order valence-corrected chi connectivity index (χ2v) is 7.76. The Morgan fingerprint density at radius 1 is 1.12 bits per heavy atom. The molecule has 1 amide bonds. The zero-order chi connectivity index (χ0) is 19.3. The molecule has 7 heteroatoms. The fraction of sp³-hybridized carbons (Fsp3) is 0.316. The first kappa shape index (κ1) is 20.1. The van der Waals surface area contributed by atoms with E-state index in [9.17, 15) is 17.6 Å². The van der Waals surface area contributed by atoms with E-state index in [0.29, 0.717) is 12.1 Å². The number of benzene rings is 2. The zero-order valence-corrected chi connectivity index (χ0v) is 15.9. The molecule has 0 radical (unpaired) electrons. The molecule has 2 rings (SSSR count). The summed E-state index contributed by atoms with van der Waals surface area (Å²) in [4.78, 5) is 11.9. The number of sulfonamides is 1. The molecule has 0 heterocycles. The van der Waals surface area contributed by atoms with Crippen molar-refractivity contribution in [2.24, 2.45) is 0 Å². The van der Waals surface area contributed by atoms with Gasteiger partial charge in [-0.2, -0.15) is 0 Å². The monoisotopic (exact) mass is 378 g/mol. The van der Waals surface area contributed by atoms with Crippen LogP contribution < -0.4 is 10.0 Å². The van der Waals surface area contributed by atoms with Crippen LogP contribution in [-0.4, -0.2) is 20.4 Å². The molecule has 1 atom stereocenters. The van der Waals surface area contributed by atoms with Crippen molar-refractivity contribution in [1.82, 2.24) is 4.72 Å². The average Bonchev–Trinajstić information content (AvgIpc) is 2.62. The van der Waals surface area contributed by atoms with Crippen molar-refractivity contribution in [3.8, 4) is 0 Å². The molecule has 0 fully saturated rings. The molecule has 0 aliphatic heterocycles. The number of hydrogen-bond acceptors (Lipinski definition) is 3. The van der Waals surface area contributed by atoms with Crippen molar-refractivity contribution in [2.75, 3.05) is 5.32 Å². The van der Waals surface area contributed by atoms with Crippen LogP contribution >= 0.6 is 0 Å². The van der Waals surface area contributed by atoms with Crippen molar-refractivity contribution in [3.05, 3.63) is 59.4 Å². The number of carbonyl (C=O) groups excluding carboxylic acids is 1. The molecule has 0 aliphatic carbocycles. The Hall–Kier alpha value is -2.25. The first-order chi connectivity index (χ1) is 12.3. The highest BCUT2D eigenvalue weighted by atomic mass is 32.2. The molecule has 2 aromatic rings. The van der Waals surface area contributed by atoms with Crippen molar-refractivity contribution in [1.29, 1.82) is 0 Å². The third-order valence-electron chi connectivity index (χ3n) is 4.07. The highest BCUT2D eigenvalue weighted by molar-refractivity contribution is 7.89. The highest BCUT2D eigenvalue weighted by Gasteiger charge is 2.22. The van der Waals surface area contributed by atoms with Gasteiger partial charge < -0.3 is 5.32 Å². The SMILES string of the molecule is CCc1ccc(NC(=O)c2ccc(F)c(S(=O)(=O)N[C@H](C)CC)c2)cc1. The number of aryl methyl sites for hydroxylation is 1. The van der Waals surface area contributed by atoms with Crippen molar-refractivity contribution >= 4 is 21.6 Å². The van der Waals surface area contributed by atoms with Crippen LogP contribution in [0.1, 0.15) is 43.1 Å². The van der Waals surface area contributed by atoms with Crippen LogP contribution in [0.3, 0.4) is 0 Å². The minimum atomic E-state index is -4.05. The van der Waals surface area contributed by atoms with E-state index in [4.69, 9.17) is 0 Å². The summed E-state index contributed by atoms with van der Waals surface area (Å²) in [6, 6.07) is 10.3. The maximum Gasteiger partial charge on any atom is 0.255 e. The summed E-state index contributed by atoms with van der Waals surface area (Å²) >= 11 is 0. The predicted octanol–water partition coefficient (Wildman–Crippen LogP) is 3.72. The Labute approximate surface area is 153 Å². The Morgan fingerprint density at radius 3 is 2.35 bits per heavy atom. The number of anilines is 1. The molecule has 0 unspecified atom stereocenters. The largest absolute Gasteiger partial charge is 0.322 e. The van der Waals surface area contributed by atoms with E-state index in [-0.39, 0.29) is 11.6 Å². The quantitative estimate of drug-likeness (QED) is 0.771. The molecule has 5 nitrogen and oxygen atoms in total. The van der Waals surface area contributed by atoms with E-state index in [1.54, 1.807) is 19.1 Å². The molecular weight excluding hydrogens is 355 g/mol. The number of carbonyl (C=O) groups is 1. The predicted molar refractivity (Wildman–Crippen MR) is 100 cm³/mol. The first-order valence-corrected chi connectivity index (χ1v) is 9.97. The molecule has 2 aromatic carbocycles. The average molecular weight is 378 g/mol. The van der Waals surface area contributed by atoms with Gasteiger partial charge >= 0.3 is 0 Å². The molecule has 2 N–H and O–H groups in total. The topological polar surface area (TPSA) is 75.3 Å². The van der Waals surface area contributed by atoms with Gasteiger partial charge in [-0.1, -0.05) is 26.0 Å². The summed E-state index contributed by atoms with van der Waals surface area (Å²) in [7, 11) is -4.05. The summed E-state index contributed by atoms with van der Waals surface area (Å²) in [6.07, 6.45) is 1.45. The van der Waals surface area contributed by atoms with Crippen LogP contribution in [0.2, 0.25) is 0 Å². The fourth-order valence-electron chi connectivity index (χ4n) is 2.29. The lowest BCUT2D eigenvalue weighted by Crippen LogP contribution is -2.32. The third kappa shape index (κ3) is 4.89. The fourth-order valence-corrected chi connectivity index (χ4v) is 3.72. The molecule has 0 aromatic heterocycles. The van der Waals surface area contributed by atoms with Gasteiger partial charge in [0.1, 0.15) is 10.7 Å². The first-order valence-electron chi connectivity index (χ1n) is 8.49. The number of nitrogens with one attached hydrogen (secondary N) is 2. The third-order valence-corrected chi connectivity index (χ3v) is 5.68. The van der Waals surface area contributed by atoms with E-state index in [0.717, 1.165) is 24.1 Å². The minimum absolute atomic E-state index is 0.0653. The van der Waals surface area contributed by atoms with Gasteiger partial charge in [0.15, 0.2) is 0 Å². The zero-order valence-electron chi connectivity index (χ0n) is 15.0. The number of hydrogen-bond donors (Lipinski definition) is 2. The molecule has 0 spiro atoms. The molecule has 0 aliphatic rings. The van der Waals surface area contributed by atoms with E-state index < -0.39 is 26.6 Å². The van der Waals surface area contributed by atoms with Crippen molar-refractivity contribution in [2.45, 2.75) is 44.6 Å². The molecule has 0 saturated heterocycles. The van der Waals surface area contributed by atoms with Crippen LogP contribution in [0.4, 0.5) is 10.1 Å². The Morgan fingerprint density at radius 2 is 1.77 bits per heavy atom. The van der Waals surface area contributed by atoms with Crippen LogP contribution in [0.5, 0.6) is 0 Å². The maximum absolute atomic E-state index is 14.0. The standard InChI is InChI=1S/C19H23FN2O3S/c1-4-13(3)22-26(24,25)18-12-15(8-11-17(18)20)19(23)21-16-9-6-14(5-2)7-10-16/h6-13,22H,4-5H2,1-3H3,(H,21,23)/t13-/m1/s1. The van der Waals surface area contributed by atoms with E-state index >= 15 is 0 Å². The normalized spacial score (nSPS) is 12.6. The van der Waals surface area contributed by atoms with E-state index in [1.807, 2.05) is 26.0 Å². The molecular formula is C19H23FN2O3S. The molecule has 0 saturated carbocycles. The second kappa shape index (κ2) is 8.42. The van der Waals surface area contributed by atoms with Crippen LogP contribution in [0.15, 0.2) is 47.4 Å². The van der Waals surface area contributed by atoms with Gasteiger partial charge in [-0.05, 0) is 55.7 Å². The van der Waals surface area contributed by atoms with Gasteiger partial charge in [0.2, 0.25) is 10.0 Å². The minimum Gasteiger partial charge on any atom is -0.322 e. The molecule has 0 bridgehead atoms. The van der Waals surface area contributed by atoms with Gasteiger partial charge in [-0.3, -0.25) is 4.79 Å². The summed E-state index contributed by atoms with van der Waals surface area (Å²) in [6.45, 7) is 5.53. The smallest absolute Gasteiger partial charge is 0.255 e. The summed E-state index contributed by atoms with van der Waals surface area (Å²) in [5.74, 6) is -1.40. The summed E-state index contributed by atoms with van der Waals surface area (Å²) in [5, 5.41) is 2.68. The number of halogens is 1. The summed E-state index contributed by atoms with van der Waals surface area (Å²) in [5.41, 5.74) is 1.78. The molecule has 140 valence electrons. The maximum atomic E-state index is 14.0. The van der Waals surface area contributed by atoms with Gasteiger partial charge in [0.05, 0.1) is 0 Å². The van der Waals surface area contributed by atoms with Gasteiger partial charge in [0.25, 0.3) is 5.91 Å². The van der Waals surface area contributed by atoms with Gasteiger partial charge in [-0.25, -0.2) is 17.5 Å². The second-order valence-electron chi connectivity index (χ2n) is 6.08. The van der Waals surface area contributed by atoms with Crippen LogP contribution in [0, 0.1) is 5.82 Å². The highest BCUT2D eigenvalue weighted by Crippen LogP contribution is 2.19. The van der Waals surface area contributed by atoms with E-state index in [2.05, 4.69) is 10.0 Å². The Balaban J connectivity index is 2.26. The van der Waals surface area contributed by atoms with E-state index in [1.165, 1.54) is 6.07 Å². The lowest BCUT2D eigenvalue weighted by molar-refractivity contribution is 0.102. The lowest BCUT2D eigenvalue weighted by Gasteiger charge is -2.13. The number of amides is 1. The van der Waals surface area contributed by atoms with Gasteiger partial charge in [-0.15, -0.1) is 0 Å². The van der Waals surface area contributed by atoms with Crippen molar-refractivity contribution < 1.29 is 17.6 Å². The Bertz CT molecular complexity index is 880. The molecule has 26 heavy (non-hydrogen) atoms. The lowest BCUT2D eigenvalue weighted by atomic mass is 10.1.